The number of carbonyl (C=O) groups excluding carboxylic acids is 1. The van der Waals surface area contributed by atoms with E-state index < -0.39 is 12.7 Å². The lowest BCUT2D eigenvalue weighted by molar-refractivity contribution is -0.118. The Kier molecular flexibility index (Phi) is 11.3. The average Bonchev–Trinajstić information content (AvgIpc) is 2.39. The van der Waals surface area contributed by atoms with Crippen LogP contribution >= 0.6 is 23.2 Å². The molecule has 0 aromatic heterocycles. The molecule has 1 aromatic carbocycles. The van der Waals surface area contributed by atoms with Gasteiger partial charge in [-0.1, -0.05) is 42.8 Å². The first-order valence-electron chi connectivity index (χ1n) is 5.53. The number of alkyl halides is 3. The van der Waals surface area contributed by atoms with Gasteiger partial charge in [-0.2, -0.15) is 13.2 Å². The van der Waals surface area contributed by atoms with Gasteiger partial charge in [0, 0.05) is 5.92 Å². The summed E-state index contributed by atoms with van der Waals surface area (Å²) in [6, 6.07) is 5.21. The molecule has 0 radical (unpaired) electrons. The molecule has 0 bridgehead atoms. The Morgan fingerprint density at radius 1 is 1.29 bits per heavy atom. The molecule has 1 aromatic rings. The van der Waals surface area contributed by atoms with E-state index in [9.17, 15) is 18.0 Å². The van der Waals surface area contributed by atoms with Crippen molar-refractivity contribution >= 4 is 29.5 Å². The highest BCUT2D eigenvalue weighted by Crippen LogP contribution is 2.27. The van der Waals surface area contributed by atoms with E-state index >= 15 is 0 Å². The van der Waals surface area contributed by atoms with Gasteiger partial charge in [0.25, 0.3) is 0 Å². The molecule has 0 aliphatic heterocycles. The highest BCUT2D eigenvalue weighted by Gasteiger charge is 2.23. The molecule has 1 unspecified atom stereocenters. The topological polar surface area (TPSA) is 43.1 Å². The first-order chi connectivity index (χ1) is 9.25. The first kappa shape index (κ1) is 22.2. The highest BCUT2D eigenvalue weighted by atomic mass is 35.5. The molecule has 0 saturated heterocycles. The van der Waals surface area contributed by atoms with E-state index in [0.717, 1.165) is 11.8 Å². The molecule has 0 heterocycles. The molecular formula is C14H18Cl2F3NO. The molecule has 0 saturated carbocycles. The molecule has 1 atom stereocenters. The van der Waals surface area contributed by atoms with Gasteiger partial charge < -0.3 is 10.5 Å². The molecule has 0 spiro atoms. The number of hydrogen-bond donors (Lipinski definition) is 1. The standard InChI is InChI=1S/C11H10Cl2O.C2H4F3N.CH4/c1-2-3-9(7-14)8-4-5-10(12)11(13)6-8;3-2(4,5)1-6;/h2,4-7,9H,1,3H2;1,6H2;1H4. The summed E-state index contributed by atoms with van der Waals surface area (Å²) < 4.78 is 32.0. The SMILES string of the molecule is C.C=CCC(C=O)c1ccc(Cl)c(Cl)c1.NCC(F)(F)F. The fourth-order valence-electron chi connectivity index (χ4n) is 1.19. The van der Waals surface area contributed by atoms with Crippen molar-refractivity contribution in [2.24, 2.45) is 5.73 Å². The van der Waals surface area contributed by atoms with Crippen LogP contribution in [0.15, 0.2) is 30.9 Å². The number of halogens is 5. The number of rotatable bonds is 4. The van der Waals surface area contributed by atoms with Crippen molar-refractivity contribution in [2.45, 2.75) is 25.9 Å². The Morgan fingerprint density at radius 3 is 2.14 bits per heavy atom. The predicted molar refractivity (Wildman–Crippen MR) is 81.9 cm³/mol. The molecule has 120 valence electrons. The second-order valence-electron chi connectivity index (χ2n) is 3.76. The van der Waals surface area contributed by atoms with Crippen molar-refractivity contribution in [3.8, 4) is 0 Å². The van der Waals surface area contributed by atoms with Gasteiger partial charge in [0.05, 0.1) is 16.6 Å². The van der Waals surface area contributed by atoms with Crippen LogP contribution in [0, 0.1) is 0 Å². The maximum Gasteiger partial charge on any atom is 0.400 e. The Labute approximate surface area is 132 Å². The van der Waals surface area contributed by atoms with Crippen molar-refractivity contribution < 1.29 is 18.0 Å². The summed E-state index contributed by atoms with van der Waals surface area (Å²) in [6.45, 7) is 2.37. The zero-order chi connectivity index (χ0) is 15.8. The normalized spacial score (nSPS) is 11.5. The Balaban J connectivity index is 0. The summed E-state index contributed by atoms with van der Waals surface area (Å²) >= 11 is 11.6. The van der Waals surface area contributed by atoms with Crippen LogP contribution in [0.25, 0.3) is 0 Å². The molecule has 7 heteroatoms. The smallest absolute Gasteiger partial charge is 0.323 e. The third-order valence-electron chi connectivity index (χ3n) is 2.19. The summed E-state index contributed by atoms with van der Waals surface area (Å²) in [7, 11) is 0. The minimum absolute atomic E-state index is 0. The molecule has 21 heavy (non-hydrogen) atoms. The Morgan fingerprint density at radius 2 is 1.81 bits per heavy atom. The van der Waals surface area contributed by atoms with Gasteiger partial charge in [-0.3, -0.25) is 0 Å². The van der Waals surface area contributed by atoms with Crippen molar-refractivity contribution in [3.05, 3.63) is 46.5 Å². The van der Waals surface area contributed by atoms with E-state index in [2.05, 4.69) is 12.3 Å². The summed E-state index contributed by atoms with van der Waals surface area (Å²) in [6.07, 6.45) is -0.968. The van der Waals surface area contributed by atoms with Gasteiger partial charge in [-0.25, -0.2) is 0 Å². The van der Waals surface area contributed by atoms with E-state index in [1.807, 2.05) is 0 Å². The maximum atomic E-state index is 10.8. The van der Waals surface area contributed by atoms with E-state index in [4.69, 9.17) is 23.2 Å². The molecule has 2 N–H and O–H groups in total. The zero-order valence-electron chi connectivity index (χ0n) is 10.5. The highest BCUT2D eigenvalue weighted by molar-refractivity contribution is 6.42. The average molecular weight is 344 g/mol. The van der Waals surface area contributed by atoms with Crippen LogP contribution in [-0.2, 0) is 4.79 Å². The molecule has 0 aliphatic carbocycles. The van der Waals surface area contributed by atoms with Crippen molar-refractivity contribution in [3.63, 3.8) is 0 Å². The van der Waals surface area contributed by atoms with E-state index in [1.165, 1.54) is 0 Å². The second-order valence-corrected chi connectivity index (χ2v) is 4.57. The van der Waals surface area contributed by atoms with Crippen LogP contribution in [0.1, 0.15) is 25.3 Å². The monoisotopic (exact) mass is 343 g/mol. The molecule has 0 aliphatic rings. The predicted octanol–water partition coefficient (Wildman–Crippen LogP) is 5.00. The number of allylic oxidation sites excluding steroid dienone is 1. The van der Waals surface area contributed by atoms with E-state index in [1.54, 1.807) is 24.3 Å². The van der Waals surface area contributed by atoms with Crippen LogP contribution in [0.3, 0.4) is 0 Å². The lowest BCUT2D eigenvalue weighted by Crippen LogP contribution is -2.21. The maximum absolute atomic E-state index is 10.8. The quantitative estimate of drug-likeness (QED) is 0.617. The van der Waals surface area contributed by atoms with E-state index in [-0.39, 0.29) is 13.3 Å². The fourth-order valence-corrected chi connectivity index (χ4v) is 1.50. The van der Waals surface area contributed by atoms with Gasteiger partial charge >= 0.3 is 6.18 Å². The second kappa shape index (κ2) is 10.7. The third-order valence-corrected chi connectivity index (χ3v) is 2.93. The fraction of sp³-hybridized carbons (Fsp3) is 0.357. The number of carbonyl (C=O) groups is 1. The third kappa shape index (κ3) is 9.50. The molecule has 1 rings (SSSR count). The number of hydrogen-bond acceptors (Lipinski definition) is 2. The molecule has 0 fully saturated rings. The van der Waals surface area contributed by atoms with Crippen LogP contribution in [-0.4, -0.2) is 19.0 Å². The van der Waals surface area contributed by atoms with Crippen LogP contribution < -0.4 is 5.73 Å². The molecule has 2 nitrogen and oxygen atoms in total. The van der Waals surface area contributed by atoms with Crippen LogP contribution in [0.5, 0.6) is 0 Å². The van der Waals surface area contributed by atoms with Crippen molar-refractivity contribution in [1.82, 2.24) is 0 Å². The lowest BCUT2D eigenvalue weighted by atomic mass is 9.97. The summed E-state index contributed by atoms with van der Waals surface area (Å²) in [5.41, 5.74) is 5.05. The number of benzene rings is 1. The van der Waals surface area contributed by atoms with Crippen molar-refractivity contribution in [2.75, 3.05) is 6.54 Å². The lowest BCUT2D eigenvalue weighted by Gasteiger charge is -2.08. The van der Waals surface area contributed by atoms with Gasteiger partial charge in [0.1, 0.15) is 6.29 Å². The minimum atomic E-state index is -4.18. The van der Waals surface area contributed by atoms with E-state index in [0.29, 0.717) is 16.5 Å². The number of aldehydes is 1. The van der Waals surface area contributed by atoms with Gasteiger partial charge in [0.2, 0.25) is 0 Å². The number of nitrogens with two attached hydrogens (primary N) is 1. The van der Waals surface area contributed by atoms with Gasteiger partial charge in [-0.05, 0) is 24.1 Å². The Bertz CT molecular complexity index is 450. The Hall–Kier alpha value is -1.04. The first-order valence-corrected chi connectivity index (χ1v) is 6.28. The zero-order valence-corrected chi connectivity index (χ0v) is 12.0. The van der Waals surface area contributed by atoms with Crippen LogP contribution in [0.4, 0.5) is 13.2 Å². The molecular weight excluding hydrogens is 326 g/mol. The summed E-state index contributed by atoms with van der Waals surface area (Å²) in [5, 5.41) is 0.971. The van der Waals surface area contributed by atoms with Gasteiger partial charge in [0.15, 0.2) is 0 Å². The largest absolute Gasteiger partial charge is 0.400 e. The minimum Gasteiger partial charge on any atom is -0.323 e. The molecule has 0 amide bonds. The summed E-state index contributed by atoms with van der Waals surface area (Å²) in [4.78, 5) is 10.8. The van der Waals surface area contributed by atoms with Crippen LogP contribution in [0.2, 0.25) is 10.0 Å². The van der Waals surface area contributed by atoms with Gasteiger partial charge in [-0.15, -0.1) is 6.58 Å². The summed E-state index contributed by atoms with van der Waals surface area (Å²) in [5.74, 6) is -0.178. The van der Waals surface area contributed by atoms with Crippen molar-refractivity contribution in [1.29, 1.82) is 0 Å².